The maximum atomic E-state index is 12.0. The largest absolute Gasteiger partial charge is 0.479 e. The van der Waals surface area contributed by atoms with Gasteiger partial charge in [-0.05, 0) is 0 Å². The third kappa shape index (κ3) is 12.8. The Morgan fingerprint density at radius 1 is 1.02 bits per heavy atom. The van der Waals surface area contributed by atoms with Gasteiger partial charge in [0.25, 0.3) is 0 Å². The van der Waals surface area contributed by atoms with Gasteiger partial charge in [-0.1, -0.05) is 5.21 Å². The molecule has 3 atom stereocenters. The van der Waals surface area contributed by atoms with Crippen molar-refractivity contribution in [2.45, 2.75) is 31.6 Å². The number of aliphatic carboxylic acids is 1. The fourth-order valence-electron chi connectivity index (χ4n) is 3.95. The van der Waals surface area contributed by atoms with E-state index in [0.29, 0.717) is 72.4 Å². The Bertz CT molecular complexity index is 1150. The molecule has 0 amide bonds. The highest BCUT2D eigenvalue weighted by molar-refractivity contribution is 7.91. The number of carbonyl (C=O) groups is 1. The molecule has 0 bridgehead atoms. The number of carboxylic acid groups (broad SMARTS) is 1. The van der Waals surface area contributed by atoms with Gasteiger partial charge in [0, 0.05) is 38.9 Å². The van der Waals surface area contributed by atoms with E-state index in [1.807, 2.05) is 6.20 Å². The molecule has 0 radical (unpaired) electrons. The van der Waals surface area contributed by atoms with E-state index in [9.17, 15) is 26.7 Å². The average molecular weight is 644 g/mol. The van der Waals surface area contributed by atoms with Crippen molar-refractivity contribution in [1.82, 2.24) is 25.2 Å². The number of carboxylic acids is 1. The summed E-state index contributed by atoms with van der Waals surface area (Å²) in [6, 6.07) is 0. The van der Waals surface area contributed by atoms with Crippen molar-refractivity contribution >= 4 is 25.6 Å². The Kier molecular flexibility index (Phi) is 14.4. The van der Waals surface area contributed by atoms with E-state index in [0.717, 1.165) is 5.69 Å². The Balaban J connectivity index is 1.07. The first-order valence-electron chi connectivity index (χ1n) is 13.7. The number of ether oxygens (including phenoxy) is 5. The first kappa shape index (κ1) is 34.7. The fourth-order valence-corrected chi connectivity index (χ4v) is 6.24. The van der Waals surface area contributed by atoms with Gasteiger partial charge in [-0.25, -0.2) is 26.3 Å². The van der Waals surface area contributed by atoms with E-state index < -0.39 is 44.1 Å². The summed E-state index contributed by atoms with van der Waals surface area (Å²) in [7, 11) is -6.29. The molecule has 19 heteroatoms. The van der Waals surface area contributed by atoms with Gasteiger partial charge in [-0.3, -0.25) is 4.90 Å². The van der Waals surface area contributed by atoms with Crippen LogP contribution in [0.4, 0.5) is 0 Å². The van der Waals surface area contributed by atoms with Crippen molar-refractivity contribution in [3.63, 3.8) is 0 Å². The van der Waals surface area contributed by atoms with Crippen LogP contribution in [0.25, 0.3) is 0 Å². The van der Waals surface area contributed by atoms with Crippen molar-refractivity contribution < 1.29 is 55.5 Å². The van der Waals surface area contributed by atoms with E-state index in [-0.39, 0.29) is 36.2 Å². The van der Waals surface area contributed by atoms with Crippen LogP contribution in [-0.2, 0) is 61.2 Å². The number of sulfone groups is 2. The van der Waals surface area contributed by atoms with E-state index in [1.54, 1.807) is 4.68 Å². The van der Waals surface area contributed by atoms with Crippen molar-refractivity contribution in [1.29, 1.82) is 0 Å². The molecule has 0 saturated carbocycles. The molecule has 0 aliphatic carbocycles. The third-order valence-corrected chi connectivity index (χ3v) is 9.64. The Morgan fingerprint density at radius 2 is 1.69 bits per heavy atom. The van der Waals surface area contributed by atoms with Gasteiger partial charge in [0.2, 0.25) is 0 Å². The van der Waals surface area contributed by atoms with Gasteiger partial charge >= 0.3 is 5.97 Å². The lowest BCUT2D eigenvalue weighted by molar-refractivity contribution is -0.315. The standard InChI is InChI=1S/C23H41N5O12S2/c29-20-21(22(30)31)40-23(20)39-12-16-41(32,33)13-2-24-1-6-36-8-10-38-11-9-37-7-3-28-18-19(25-26-28)17-27-4-14-42(34,35)15-5-27/h18,20-21,23-24,29H,1-17H2,(H,30,31). The molecule has 1 aromatic heterocycles. The molecule has 2 saturated heterocycles. The van der Waals surface area contributed by atoms with Crippen LogP contribution in [-0.4, -0.2) is 167 Å². The Morgan fingerprint density at radius 3 is 2.36 bits per heavy atom. The van der Waals surface area contributed by atoms with Gasteiger partial charge in [0.15, 0.2) is 32.1 Å². The second kappa shape index (κ2) is 17.5. The number of nitrogens with one attached hydrogen (secondary N) is 1. The molecule has 17 nitrogen and oxygen atoms in total. The Hall–Kier alpha value is -1.81. The molecule has 3 heterocycles. The zero-order valence-electron chi connectivity index (χ0n) is 23.4. The first-order chi connectivity index (χ1) is 20.0. The lowest BCUT2D eigenvalue weighted by Crippen LogP contribution is -2.58. The number of nitrogens with zero attached hydrogens (tertiary/aromatic N) is 4. The van der Waals surface area contributed by atoms with Crippen LogP contribution in [0.5, 0.6) is 0 Å². The number of aliphatic hydroxyl groups is 1. The molecule has 2 fully saturated rings. The summed E-state index contributed by atoms with van der Waals surface area (Å²) >= 11 is 0. The quantitative estimate of drug-likeness (QED) is 0.106. The van der Waals surface area contributed by atoms with Crippen LogP contribution in [0.2, 0.25) is 0 Å². The number of rotatable bonds is 22. The molecule has 1 aromatic rings. The second-order valence-corrected chi connectivity index (χ2v) is 14.4. The summed E-state index contributed by atoms with van der Waals surface area (Å²) < 4.78 is 75.1. The van der Waals surface area contributed by atoms with Crippen molar-refractivity contribution in [3.05, 3.63) is 11.9 Å². The molecule has 2 aliphatic rings. The van der Waals surface area contributed by atoms with E-state index in [4.69, 9.17) is 28.8 Å². The molecule has 0 aromatic carbocycles. The topological polar surface area (TPSA) is 218 Å². The van der Waals surface area contributed by atoms with Gasteiger partial charge in [-0.15, -0.1) is 5.10 Å². The third-order valence-electron chi connectivity index (χ3n) is 6.42. The number of aliphatic hydroxyl groups excluding tert-OH is 1. The normalized spacial score (nSPS) is 22.6. The van der Waals surface area contributed by atoms with Crippen LogP contribution in [0.1, 0.15) is 5.69 Å². The highest BCUT2D eigenvalue weighted by Crippen LogP contribution is 2.22. The maximum Gasteiger partial charge on any atom is 0.335 e. The predicted molar refractivity (Wildman–Crippen MR) is 146 cm³/mol. The number of aromatic nitrogens is 3. The second-order valence-electron chi connectivity index (χ2n) is 9.76. The summed E-state index contributed by atoms with van der Waals surface area (Å²) in [6.07, 6.45) is -1.96. The average Bonchev–Trinajstić information content (AvgIpc) is 3.38. The summed E-state index contributed by atoms with van der Waals surface area (Å²) in [6.45, 7) is 5.10. The summed E-state index contributed by atoms with van der Waals surface area (Å²) in [5, 5.41) is 29.5. The molecule has 2 aliphatic heterocycles. The lowest BCUT2D eigenvalue weighted by atomic mass is 10.1. The minimum Gasteiger partial charge on any atom is -0.479 e. The van der Waals surface area contributed by atoms with Crippen LogP contribution < -0.4 is 5.32 Å². The number of hydrogen-bond acceptors (Lipinski definition) is 15. The smallest absolute Gasteiger partial charge is 0.335 e. The predicted octanol–water partition coefficient (Wildman–Crippen LogP) is -3.25. The molecular weight excluding hydrogens is 602 g/mol. The van der Waals surface area contributed by atoms with E-state index in [2.05, 4.69) is 20.5 Å². The van der Waals surface area contributed by atoms with Crippen LogP contribution in [0.3, 0.4) is 0 Å². The van der Waals surface area contributed by atoms with E-state index >= 15 is 0 Å². The molecule has 42 heavy (non-hydrogen) atoms. The van der Waals surface area contributed by atoms with Gasteiger partial charge in [0.1, 0.15) is 6.10 Å². The highest BCUT2D eigenvalue weighted by atomic mass is 32.2. The number of hydrogen-bond donors (Lipinski definition) is 3. The van der Waals surface area contributed by atoms with Crippen LogP contribution in [0.15, 0.2) is 6.20 Å². The molecule has 0 spiro atoms. The summed E-state index contributed by atoms with van der Waals surface area (Å²) in [5.41, 5.74) is 0.792. The van der Waals surface area contributed by atoms with Gasteiger partial charge < -0.3 is 39.2 Å². The van der Waals surface area contributed by atoms with Crippen LogP contribution in [0, 0.1) is 0 Å². The van der Waals surface area contributed by atoms with Crippen molar-refractivity contribution in [3.8, 4) is 0 Å². The first-order valence-corrected chi connectivity index (χ1v) is 17.3. The van der Waals surface area contributed by atoms with Crippen LogP contribution >= 0.6 is 0 Å². The summed E-state index contributed by atoms with van der Waals surface area (Å²) in [5.74, 6) is -1.31. The molecule has 3 rings (SSSR count). The monoisotopic (exact) mass is 643 g/mol. The van der Waals surface area contributed by atoms with Gasteiger partial charge in [-0.2, -0.15) is 0 Å². The van der Waals surface area contributed by atoms with Gasteiger partial charge in [0.05, 0.1) is 81.5 Å². The highest BCUT2D eigenvalue weighted by Gasteiger charge is 2.47. The molecular formula is C23H41N5O12S2. The zero-order valence-corrected chi connectivity index (χ0v) is 25.0. The lowest BCUT2D eigenvalue weighted by Gasteiger charge is -2.37. The molecule has 3 N–H and O–H groups in total. The maximum absolute atomic E-state index is 12.0. The van der Waals surface area contributed by atoms with Crippen molar-refractivity contribution in [2.24, 2.45) is 0 Å². The molecule has 242 valence electrons. The summed E-state index contributed by atoms with van der Waals surface area (Å²) in [4.78, 5) is 12.7. The minimum atomic E-state index is -3.39. The molecule has 3 unspecified atom stereocenters. The minimum absolute atomic E-state index is 0.101. The fraction of sp³-hybridized carbons (Fsp3) is 0.870. The SMILES string of the molecule is O=C(O)C1OC(OCCS(=O)(=O)CCNCCOCCOCCOCCn2cc(CN3CCS(=O)(=O)CC3)nn2)C1O. The van der Waals surface area contributed by atoms with Crippen molar-refractivity contribution in [2.75, 3.05) is 95.4 Å². The Labute approximate surface area is 245 Å². The van der Waals surface area contributed by atoms with E-state index in [1.165, 1.54) is 0 Å². The zero-order chi connectivity index (χ0) is 30.4.